The van der Waals surface area contributed by atoms with E-state index in [0.717, 1.165) is 24.4 Å². The fourth-order valence-corrected chi connectivity index (χ4v) is 4.11. The van der Waals surface area contributed by atoms with Crippen LogP contribution in [0.2, 0.25) is 0 Å². The van der Waals surface area contributed by atoms with Crippen molar-refractivity contribution in [3.63, 3.8) is 0 Å². The smallest absolute Gasteiger partial charge is 0.203 e. The number of ether oxygens (including phenoxy) is 3. The fraction of sp³-hybridized carbons (Fsp3) is 0.667. The van der Waals surface area contributed by atoms with Gasteiger partial charge in [0, 0.05) is 37.3 Å². The van der Waals surface area contributed by atoms with E-state index < -0.39 is 0 Å². The molecule has 0 amide bonds. The predicted molar refractivity (Wildman–Crippen MR) is 90.6 cm³/mol. The van der Waals surface area contributed by atoms with Crippen molar-refractivity contribution in [1.29, 1.82) is 0 Å². The third-order valence-corrected chi connectivity index (χ3v) is 5.38. The molecule has 0 radical (unpaired) electrons. The van der Waals surface area contributed by atoms with Gasteiger partial charge in [0.1, 0.15) is 0 Å². The summed E-state index contributed by atoms with van der Waals surface area (Å²) < 4.78 is 16.5. The maximum Gasteiger partial charge on any atom is 0.203 e. The predicted octanol–water partition coefficient (Wildman–Crippen LogP) is 2.38. The molecule has 2 aliphatic heterocycles. The maximum absolute atomic E-state index is 5.63. The molecule has 0 saturated carbocycles. The molecule has 2 saturated heterocycles. The highest BCUT2D eigenvalue weighted by atomic mass is 16.5. The van der Waals surface area contributed by atoms with Crippen molar-refractivity contribution in [2.24, 2.45) is 0 Å². The van der Waals surface area contributed by atoms with Crippen molar-refractivity contribution in [2.45, 2.75) is 38.4 Å². The van der Waals surface area contributed by atoms with E-state index in [9.17, 15) is 0 Å². The molecule has 0 aromatic heterocycles. The summed E-state index contributed by atoms with van der Waals surface area (Å²) in [5.41, 5.74) is 1.16. The third kappa shape index (κ3) is 3.00. The zero-order valence-electron chi connectivity index (χ0n) is 14.7. The summed E-state index contributed by atoms with van der Waals surface area (Å²) in [6.45, 7) is 6.78. The second-order valence-corrected chi connectivity index (χ2v) is 6.45. The molecule has 2 fully saturated rings. The van der Waals surface area contributed by atoms with Crippen LogP contribution in [-0.4, -0.2) is 62.8 Å². The lowest BCUT2D eigenvalue weighted by Crippen LogP contribution is -2.55. The zero-order valence-corrected chi connectivity index (χ0v) is 14.7. The first kappa shape index (κ1) is 16.4. The summed E-state index contributed by atoms with van der Waals surface area (Å²) >= 11 is 0. The second-order valence-electron chi connectivity index (χ2n) is 6.45. The van der Waals surface area contributed by atoms with Gasteiger partial charge in [-0.15, -0.1) is 0 Å². The number of hydrogen-bond donors (Lipinski definition) is 0. The maximum atomic E-state index is 5.63. The van der Waals surface area contributed by atoms with E-state index in [0.29, 0.717) is 23.6 Å². The van der Waals surface area contributed by atoms with Gasteiger partial charge in [0.05, 0.1) is 21.3 Å². The summed E-state index contributed by atoms with van der Waals surface area (Å²) in [7, 11) is 5.00. The highest BCUT2D eigenvalue weighted by Gasteiger charge is 2.36. The summed E-state index contributed by atoms with van der Waals surface area (Å²) in [5.74, 6) is 2.18. The van der Waals surface area contributed by atoms with Crippen LogP contribution in [0.1, 0.15) is 25.3 Å². The van der Waals surface area contributed by atoms with E-state index in [2.05, 4.69) is 22.8 Å². The van der Waals surface area contributed by atoms with Gasteiger partial charge in [-0.2, -0.15) is 0 Å². The molecule has 2 aliphatic rings. The highest BCUT2D eigenvalue weighted by Crippen LogP contribution is 2.40. The molecule has 3 rings (SSSR count). The fourth-order valence-electron chi connectivity index (χ4n) is 4.11. The molecule has 1 aromatic rings. The van der Waals surface area contributed by atoms with Crippen LogP contribution in [0.25, 0.3) is 0 Å². The Labute approximate surface area is 139 Å². The Bertz CT molecular complexity index is 549. The van der Waals surface area contributed by atoms with E-state index >= 15 is 0 Å². The van der Waals surface area contributed by atoms with Gasteiger partial charge in [-0.1, -0.05) is 6.07 Å². The van der Waals surface area contributed by atoms with Crippen molar-refractivity contribution >= 4 is 0 Å². The molecule has 0 N–H and O–H groups in total. The highest BCUT2D eigenvalue weighted by molar-refractivity contribution is 5.55. The summed E-state index contributed by atoms with van der Waals surface area (Å²) in [4.78, 5) is 5.21. The van der Waals surface area contributed by atoms with Crippen LogP contribution in [0.15, 0.2) is 12.1 Å². The molecule has 2 atom stereocenters. The number of benzene rings is 1. The Balaban J connectivity index is 1.82. The number of methoxy groups -OCH3 is 3. The van der Waals surface area contributed by atoms with Gasteiger partial charge in [0.15, 0.2) is 11.5 Å². The SMILES string of the molecule is COc1ccc(CN2CCN3CCC[C@H]3[C@@H]2C)c(OC)c1OC. The van der Waals surface area contributed by atoms with Gasteiger partial charge in [0.25, 0.3) is 0 Å². The topological polar surface area (TPSA) is 34.2 Å². The van der Waals surface area contributed by atoms with Crippen molar-refractivity contribution in [3.05, 3.63) is 17.7 Å². The number of fused-ring (bicyclic) bond motifs is 1. The van der Waals surface area contributed by atoms with Crippen LogP contribution in [0.3, 0.4) is 0 Å². The molecule has 2 heterocycles. The quantitative estimate of drug-likeness (QED) is 0.832. The Morgan fingerprint density at radius 1 is 1.00 bits per heavy atom. The second kappa shape index (κ2) is 6.97. The van der Waals surface area contributed by atoms with Crippen LogP contribution < -0.4 is 14.2 Å². The van der Waals surface area contributed by atoms with Gasteiger partial charge in [-0.3, -0.25) is 9.80 Å². The van der Waals surface area contributed by atoms with E-state index in [-0.39, 0.29) is 0 Å². The Morgan fingerprint density at radius 2 is 1.78 bits per heavy atom. The Morgan fingerprint density at radius 3 is 2.48 bits per heavy atom. The molecular formula is C18H28N2O3. The average molecular weight is 320 g/mol. The minimum absolute atomic E-state index is 0.573. The standard InChI is InChI=1S/C18H28N2O3/c1-13-15-6-5-9-19(15)10-11-20(13)12-14-7-8-16(21-2)18(23-4)17(14)22-3/h7-8,13,15H,5-6,9-12H2,1-4H3/t13-,15-/m0/s1. The number of nitrogens with zero attached hydrogens (tertiary/aromatic N) is 2. The third-order valence-electron chi connectivity index (χ3n) is 5.38. The molecule has 0 unspecified atom stereocenters. The first-order valence-electron chi connectivity index (χ1n) is 8.45. The molecule has 5 nitrogen and oxygen atoms in total. The molecular weight excluding hydrogens is 292 g/mol. The van der Waals surface area contributed by atoms with E-state index in [1.807, 2.05) is 6.07 Å². The first-order valence-corrected chi connectivity index (χ1v) is 8.45. The van der Waals surface area contributed by atoms with Crippen LogP contribution >= 0.6 is 0 Å². The normalized spacial score (nSPS) is 25.2. The van der Waals surface area contributed by atoms with Crippen molar-refractivity contribution in [2.75, 3.05) is 41.0 Å². The lowest BCUT2D eigenvalue weighted by Gasteiger charge is -2.43. The summed E-state index contributed by atoms with van der Waals surface area (Å²) in [6, 6.07) is 5.33. The molecule has 0 aliphatic carbocycles. The molecule has 0 spiro atoms. The molecule has 5 heteroatoms. The van der Waals surface area contributed by atoms with Gasteiger partial charge in [-0.25, -0.2) is 0 Å². The minimum Gasteiger partial charge on any atom is -0.493 e. The van der Waals surface area contributed by atoms with Crippen molar-refractivity contribution in [1.82, 2.24) is 9.80 Å². The van der Waals surface area contributed by atoms with Crippen LogP contribution in [0.4, 0.5) is 0 Å². The monoisotopic (exact) mass is 320 g/mol. The minimum atomic E-state index is 0.573. The van der Waals surface area contributed by atoms with Crippen molar-refractivity contribution in [3.8, 4) is 17.2 Å². The van der Waals surface area contributed by atoms with Crippen LogP contribution in [0.5, 0.6) is 17.2 Å². The van der Waals surface area contributed by atoms with Gasteiger partial charge in [-0.05, 0) is 32.4 Å². The molecule has 0 bridgehead atoms. The lowest BCUT2D eigenvalue weighted by atomic mass is 10.0. The Kier molecular flexibility index (Phi) is 4.97. The zero-order chi connectivity index (χ0) is 16.4. The summed E-state index contributed by atoms with van der Waals surface area (Å²) in [5, 5.41) is 0. The number of hydrogen-bond acceptors (Lipinski definition) is 5. The van der Waals surface area contributed by atoms with Gasteiger partial charge < -0.3 is 14.2 Å². The largest absolute Gasteiger partial charge is 0.493 e. The van der Waals surface area contributed by atoms with E-state index in [4.69, 9.17) is 14.2 Å². The number of piperazine rings is 1. The average Bonchev–Trinajstić information content (AvgIpc) is 3.06. The lowest BCUT2D eigenvalue weighted by molar-refractivity contribution is 0.0465. The van der Waals surface area contributed by atoms with E-state index in [1.54, 1.807) is 21.3 Å². The number of rotatable bonds is 5. The molecule has 1 aromatic carbocycles. The van der Waals surface area contributed by atoms with Gasteiger partial charge in [0.2, 0.25) is 5.75 Å². The van der Waals surface area contributed by atoms with Crippen LogP contribution in [0, 0.1) is 0 Å². The first-order chi connectivity index (χ1) is 11.2. The Hall–Kier alpha value is -1.46. The van der Waals surface area contributed by atoms with Crippen molar-refractivity contribution < 1.29 is 14.2 Å². The van der Waals surface area contributed by atoms with Crippen LogP contribution in [-0.2, 0) is 6.54 Å². The molecule has 128 valence electrons. The van der Waals surface area contributed by atoms with Gasteiger partial charge >= 0.3 is 0 Å². The van der Waals surface area contributed by atoms with E-state index in [1.165, 1.54) is 25.9 Å². The molecule has 23 heavy (non-hydrogen) atoms. The summed E-state index contributed by atoms with van der Waals surface area (Å²) in [6.07, 6.45) is 2.66.